The van der Waals surface area contributed by atoms with Gasteiger partial charge in [0, 0.05) is 0 Å². The highest BCUT2D eigenvalue weighted by Crippen LogP contribution is 2.15. The Kier molecular flexibility index (Phi) is 10.3. The number of carbonyl (C=O) groups is 2. The molecule has 0 atom stereocenters. The molecule has 0 bridgehead atoms. The van der Waals surface area contributed by atoms with E-state index in [2.05, 4.69) is 6.92 Å². The minimum Gasteiger partial charge on any atom is -0.507 e. The fourth-order valence-electron chi connectivity index (χ4n) is 2.70. The summed E-state index contributed by atoms with van der Waals surface area (Å²) in [5.41, 5.74) is 1.36. The Bertz CT molecular complexity index is 724. The van der Waals surface area contributed by atoms with Gasteiger partial charge in [0.1, 0.15) is 11.3 Å². The normalized spacial score (nSPS) is 9.96. The van der Waals surface area contributed by atoms with Gasteiger partial charge in [0.25, 0.3) is 0 Å². The van der Waals surface area contributed by atoms with Gasteiger partial charge in [-0.05, 0) is 36.6 Å². The molecule has 0 aliphatic rings. The molecule has 0 aromatic heterocycles. The number of benzene rings is 2. The summed E-state index contributed by atoms with van der Waals surface area (Å²) in [5.74, 6) is -2.13. The number of carboxylic acids is 2. The van der Waals surface area contributed by atoms with Gasteiger partial charge in [0.05, 0.1) is 5.56 Å². The maximum Gasteiger partial charge on any atom is 0.339 e. The van der Waals surface area contributed by atoms with Crippen molar-refractivity contribution in [2.45, 2.75) is 51.9 Å². The fraction of sp³-hybridized carbons (Fsp3) is 0.364. The van der Waals surface area contributed by atoms with Gasteiger partial charge in [-0.2, -0.15) is 0 Å². The van der Waals surface area contributed by atoms with Crippen LogP contribution in [0.2, 0.25) is 0 Å². The quantitative estimate of drug-likeness (QED) is 0.514. The Morgan fingerprint density at radius 2 is 1.26 bits per heavy atom. The van der Waals surface area contributed by atoms with Crippen LogP contribution in [-0.4, -0.2) is 27.3 Å². The molecule has 5 nitrogen and oxygen atoms in total. The van der Waals surface area contributed by atoms with Gasteiger partial charge in [0.15, 0.2) is 0 Å². The van der Waals surface area contributed by atoms with Crippen LogP contribution in [-0.2, 0) is 6.42 Å². The van der Waals surface area contributed by atoms with E-state index < -0.39 is 11.9 Å². The zero-order valence-electron chi connectivity index (χ0n) is 15.7. The maximum absolute atomic E-state index is 11.0. The highest BCUT2D eigenvalue weighted by atomic mass is 16.4. The number of aryl methyl sites for hydroxylation is 1. The number of aromatic carboxylic acids is 2. The highest BCUT2D eigenvalue weighted by Gasteiger charge is 2.08. The summed E-state index contributed by atoms with van der Waals surface area (Å²) in [7, 11) is 0. The monoisotopic (exact) mass is 372 g/mol. The minimum absolute atomic E-state index is 0.0671. The van der Waals surface area contributed by atoms with E-state index in [1.54, 1.807) is 24.3 Å². The molecule has 3 N–H and O–H groups in total. The number of rotatable bonds is 9. The van der Waals surface area contributed by atoms with Crippen molar-refractivity contribution < 1.29 is 24.9 Å². The van der Waals surface area contributed by atoms with Gasteiger partial charge < -0.3 is 15.3 Å². The van der Waals surface area contributed by atoms with Crippen LogP contribution in [0.25, 0.3) is 0 Å². The molecule has 0 amide bonds. The average molecular weight is 372 g/mol. The Labute approximate surface area is 160 Å². The first-order chi connectivity index (χ1) is 13.0. The van der Waals surface area contributed by atoms with Crippen LogP contribution in [0, 0.1) is 0 Å². The molecular formula is C22H28O5. The molecule has 0 spiro atoms. The van der Waals surface area contributed by atoms with E-state index >= 15 is 0 Å². The van der Waals surface area contributed by atoms with Crippen molar-refractivity contribution in [3.8, 4) is 5.75 Å². The van der Waals surface area contributed by atoms with Crippen molar-refractivity contribution in [2.24, 2.45) is 0 Å². The predicted molar refractivity (Wildman–Crippen MR) is 106 cm³/mol. The van der Waals surface area contributed by atoms with Gasteiger partial charge in [-0.1, -0.05) is 69.4 Å². The molecule has 0 aliphatic heterocycles. The SMILES string of the molecule is CCCCCCCCc1ccccc1C(=O)O.O=C(O)c1ccccc1O. The van der Waals surface area contributed by atoms with Crippen molar-refractivity contribution in [1.29, 1.82) is 0 Å². The van der Waals surface area contributed by atoms with Crippen molar-refractivity contribution in [2.75, 3.05) is 0 Å². The molecule has 2 rings (SSSR count). The molecule has 2 aromatic carbocycles. The lowest BCUT2D eigenvalue weighted by Crippen LogP contribution is -2.02. The van der Waals surface area contributed by atoms with Gasteiger partial charge >= 0.3 is 11.9 Å². The molecule has 0 aliphatic carbocycles. The summed E-state index contributed by atoms with van der Waals surface area (Å²) < 4.78 is 0. The third-order valence-electron chi connectivity index (χ3n) is 4.18. The van der Waals surface area contributed by atoms with Gasteiger partial charge in [-0.3, -0.25) is 0 Å². The molecule has 0 heterocycles. The number of phenols is 1. The molecule has 0 radical (unpaired) electrons. The Balaban J connectivity index is 0.000000309. The summed E-state index contributed by atoms with van der Waals surface area (Å²) >= 11 is 0. The second-order valence-corrected chi connectivity index (χ2v) is 6.30. The summed E-state index contributed by atoms with van der Waals surface area (Å²) in [6.45, 7) is 2.21. The van der Waals surface area contributed by atoms with Crippen LogP contribution in [0.1, 0.15) is 71.7 Å². The second kappa shape index (κ2) is 12.5. The molecule has 27 heavy (non-hydrogen) atoms. The Morgan fingerprint density at radius 1 is 0.741 bits per heavy atom. The summed E-state index contributed by atoms with van der Waals surface area (Å²) in [6, 6.07) is 13.1. The number of hydrogen-bond acceptors (Lipinski definition) is 3. The number of aromatic hydroxyl groups is 1. The van der Waals surface area contributed by atoms with E-state index in [9.17, 15) is 9.59 Å². The number of carboxylic acid groups (broad SMARTS) is 2. The predicted octanol–water partition coefficient (Wildman–Crippen LogP) is 5.38. The lowest BCUT2D eigenvalue weighted by molar-refractivity contribution is 0.0683. The molecule has 0 unspecified atom stereocenters. The Hall–Kier alpha value is -2.82. The average Bonchev–Trinajstić information content (AvgIpc) is 2.65. The second-order valence-electron chi connectivity index (χ2n) is 6.30. The molecule has 0 fully saturated rings. The first-order valence-corrected chi connectivity index (χ1v) is 9.29. The van der Waals surface area contributed by atoms with Crippen LogP contribution >= 0.6 is 0 Å². The van der Waals surface area contributed by atoms with Crippen molar-refractivity contribution in [3.05, 3.63) is 65.2 Å². The van der Waals surface area contributed by atoms with E-state index in [0.717, 1.165) is 18.4 Å². The number of hydrogen-bond donors (Lipinski definition) is 3. The standard InChI is InChI=1S/C15H22O2.C7H6O3/c1-2-3-4-5-6-7-10-13-11-8-9-12-14(13)15(16)17;8-6-4-2-1-3-5(6)7(9)10/h8-9,11-12H,2-7,10H2,1H3,(H,16,17);1-4,8H,(H,9,10). The molecule has 2 aromatic rings. The molecule has 146 valence electrons. The first-order valence-electron chi connectivity index (χ1n) is 9.29. The van der Waals surface area contributed by atoms with Crippen molar-refractivity contribution >= 4 is 11.9 Å². The van der Waals surface area contributed by atoms with Crippen LogP contribution in [0.5, 0.6) is 5.75 Å². The summed E-state index contributed by atoms with van der Waals surface area (Å²) in [5, 5.41) is 26.3. The topological polar surface area (TPSA) is 94.8 Å². The lowest BCUT2D eigenvalue weighted by Gasteiger charge is -2.05. The van der Waals surface area contributed by atoms with Gasteiger partial charge in [-0.15, -0.1) is 0 Å². The van der Waals surface area contributed by atoms with Crippen LogP contribution in [0.3, 0.4) is 0 Å². The molecule has 5 heteroatoms. The van der Waals surface area contributed by atoms with Crippen LogP contribution in [0.15, 0.2) is 48.5 Å². The van der Waals surface area contributed by atoms with Gasteiger partial charge in [0.2, 0.25) is 0 Å². The van der Waals surface area contributed by atoms with Crippen molar-refractivity contribution in [3.63, 3.8) is 0 Å². The number of para-hydroxylation sites is 1. The van der Waals surface area contributed by atoms with Crippen LogP contribution < -0.4 is 0 Å². The zero-order valence-corrected chi connectivity index (χ0v) is 15.7. The molecular weight excluding hydrogens is 344 g/mol. The molecule has 0 saturated heterocycles. The highest BCUT2D eigenvalue weighted by molar-refractivity contribution is 5.90. The third-order valence-corrected chi connectivity index (χ3v) is 4.18. The van der Waals surface area contributed by atoms with E-state index in [-0.39, 0.29) is 11.3 Å². The van der Waals surface area contributed by atoms with E-state index in [0.29, 0.717) is 5.56 Å². The fourth-order valence-corrected chi connectivity index (χ4v) is 2.70. The van der Waals surface area contributed by atoms with E-state index in [1.165, 1.54) is 44.2 Å². The smallest absolute Gasteiger partial charge is 0.339 e. The third kappa shape index (κ3) is 8.40. The van der Waals surface area contributed by atoms with Crippen LogP contribution in [0.4, 0.5) is 0 Å². The van der Waals surface area contributed by atoms with E-state index in [1.807, 2.05) is 12.1 Å². The lowest BCUT2D eigenvalue weighted by atomic mass is 10.0. The zero-order chi connectivity index (χ0) is 20.1. The van der Waals surface area contributed by atoms with E-state index in [4.69, 9.17) is 15.3 Å². The first kappa shape index (κ1) is 22.2. The largest absolute Gasteiger partial charge is 0.507 e. The Morgan fingerprint density at radius 3 is 1.81 bits per heavy atom. The number of unbranched alkanes of at least 4 members (excludes halogenated alkanes) is 5. The molecule has 0 saturated carbocycles. The maximum atomic E-state index is 11.0. The minimum atomic E-state index is -1.11. The van der Waals surface area contributed by atoms with Crippen molar-refractivity contribution in [1.82, 2.24) is 0 Å². The summed E-state index contributed by atoms with van der Waals surface area (Å²) in [4.78, 5) is 21.3. The summed E-state index contributed by atoms with van der Waals surface area (Å²) in [6.07, 6.45) is 8.32. The van der Waals surface area contributed by atoms with Gasteiger partial charge in [-0.25, -0.2) is 9.59 Å².